The minimum absolute atomic E-state index is 0.138. The second-order valence-corrected chi connectivity index (χ2v) is 6.26. The highest BCUT2D eigenvalue weighted by molar-refractivity contribution is 9.10. The van der Waals surface area contributed by atoms with Gasteiger partial charge in [0.1, 0.15) is 16.6 Å². The molecule has 2 aromatic rings. The lowest BCUT2D eigenvalue weighted by Gasteiger charge is -2.15. The molecule has 0 bridgehead atoms. The molecule has 21 heavy (non-hydrogen) atoms. The average Bonchev–Trinajstić information content (AvgIpc) is 2.44. The van der Waals surface area contributed by atoms with Gasteiger partial charge in [-0.25, -0.2) is 8.78 Å². The Kier molecular flexibility index (Phi) is 5.18. The Morgan fingerprint density at radius 3 is 2.57 bits per heavy atom. The molecule has 2 aromatic carbocycles. The van der Waals surface area contributed by atoms with Crippen molar-refractivity contribution >= 4 is 56.3 Å². The molecule has 0 spiro atoms. The van der Waals surface area contributed by atoms with Gasteiger partial charge in [0.15, 0.2) is 0 Å². The van der Waals surface area contributed by atoms with Crippen LogP contribution in [0.1, 0.15) is 5.56 Å². The van der Waals surface area contributed by atoms with Crippen molar-refractivity contribution in [2.24, 2.45) is 5.73 Å². The number of thiocarbonyl (C=S) groups is 1. The smallest absolute Gasteiger partial charge is 0.149 e. The SMILES string of the molecule is CSc1cccc(Nc2cc(Br)c(F)cc2F)c1C(N)=S. The molecular weight excluding hydrogens is 378 g/mol. The number of hydrogen-bond acceptors (Lipinski definition) is 3. The first-order chi connectivity index (χ1) is 9.93. The molecule has 0 amide bonds. The maximum atomic E-state index is 13.8. The molecule has 7 heteroatoms. The van der Waals surface area contributed by atoms with Crippen LogP contribution in [0.15, 0.2) is 39.7 Å². The summed E-state index contributed by atoms with van der Waals surface area (Å²) in [6, 6.07) is 7.57. The van der Waals surface area contributed by atoms with Gasteiger partial charge in [0.25, 0.3) is 0 Å². The van der Waals surface area contributed by atoms with Gasteiger partial charge in [-0.2, -0.15) is 0 Å². The van der Waals surface area contributed by atoms with Gasteiger partial charge in [-0.3, -0.25) is 0 Å². The van der Waals surface area contributed by atoms with Crippen molar-refractivity contribution in [3.8, 4) is 0 Å². The van der Waals surface area contributed by atoms with Crippen LogP contribution in [-0.2, 0) is 0 Å². The summed E-state index contributed by atoms with van der Waals surface area (Å²) in [6.45, 7) is 0. The summed E-state index contributed by atoms with van der Waals surface area (Å²) >= 11 is 9.58. The quantitative estimate of drug-likeness (QED) is 0.447. The molecule has 0 saturated heterocycles. The number of hydrogen-bond donors (Lipinski definition) is 2. The number of anilines is 2. The van der Waals surface area contributed by atoms with E-state index in [2.05, 4.69) is 21.2 Å². The zero-order chi connectivity index (χ0) is 15.6. The van der Waals surface area contributed by atoms with Gasteiger partial charge in [0.2, 0.25) is 0 Å². The summed E-state index contributed by atoms with van der Waals surface area (Å²) in [6.07, 6.45) is 1.90. The highest BCUT2D eigenvalue weighted by Crippen LogP contribution is 2.31. The predicted octanol–water partition coefficient (Wildman–Crippen LogP) is 4.83. The van der Waals surface area contributed by atoms with Crippen molar-refractivity contribution in [3.63, 3.8) is 0 Å². The molecule has 2 nitrogen and oxygen atoms in total. The molecule has 0 fully saturated rings. The molecule has 2 rings (SSSR count). The van der Waals surface area contributed by atoms with E-state index in [4.69, 9.17) is 18.0 Å². The molecule has 110 valence electrons. The van der Waals surface area contributed by atoms with Crippen molar-refractivity contribution in [2.75, 3.05) is 11.6 Å². The maximum Gasteiger partial charge on any atom is 0.149 e. The van der Waals surface area contributed by atoms with E-state index in [1.165, 1.54) is 17.8 Å². The fourth-order valence-corrected chi connectivity index (χ4v) is 3.09. The molecule has 0 aliphatic rings. The number of thioether (sulfide) groups is 1. The van der Waals surface area contributed by atoms with E-state index in [-0.39, 0.29) is 15.1 Å². The monoisotopic (exact) mass is 388 g/mol. The van der Waals surface area contributed by atoms with Crippen LogP contribution < -0.4 is 11.1 Å². The normalized spacial score (nSPS) is 10.5. The Morgan fingerprint density at radius 2 is 1.95 bits per heavy atom. The summed E-state index contributed by atoms with van der Waals surface area (Å²) in [5.74, 6) is -1.36. The van der Waals surface area contributed by atoms with Crippen molar-refractivity contribution in [2.45, 2.75) is 4.90 Å². The molecule has 0 saturated carbocycles. The summed E-state index contributed by atoms with van der Waals surface area (Å²) in [4.78, 5) is 1.10. The van der Waals surface area contributed by atoms with Crippen LogP contribution in [-0.4, -0.2) is 11.2 Å². The third-order valence-corrected chi connectivity index (χ3v) is 4.36. The second-order valence-electron chi connectivity index (χ2n) is 4.12. The first-order valence-electron chi connectivity index (χ1n) is 5.82. The summed E-state index contributed by atoms with van der Waals surface area (Å²) < 4.78 is 27.3. The molecule has 3 N–H and O–H groups in total. The molecular formula is C14H11BrF2N2S2. The third kappa shape index (κ3) is 3.53. The van der Waals surface area contributed by atoms with E-state index >= 15 is 0 Å². The number of halogens is 3. The zero-order valence-corrected chi connectivity index (χ0v) is 14.1. The van der Waals surface area contributed by atoms with E-state index in [1.807, 2.05) is 18.4 Å². The van der Waals surface area contributed by atoms with Crippen molar-refractivity contribution in [1.29, 1.82) is 0 Å². The predicted molar refractivity (Wildman–Crippen MR) is 91.5 cm³/mol. The number of benzene rings is 2. The van der Waals surface area contributed by atoms with Crippen LogP contribution in [0, 0.1) is 11.6 Å². The summed E-state index contributed by atoms with van der Waals surface area (Å²) in [5, 5.41) is 2.91. The van der Waals surface area contributed by atoms with E-state index in [9.17, 15) is 8.78 Å². The minimum Gasteiger partial charge on any atom is -0.389 e. The van der Waals surface area contributed by atoms with Gasteiger partial charge in [-0.05, 0) is 40.4 Å². The molecule has 0 aliphatic heterocycles. The molecule has 0 unspecified atom stereocenters. The van der Waals surface area contributed by atoms with Gasteiger partial charge in [-0.1, -0.05) is 18.3 Å². The molecule has 0 heterocycles. The molecule has 0 radical (unpaired) electrons. The van der Waals surface area contributed by atoms with Gasteiger partial charge in [0.05, 0.1) is 10.2 Å². The van der Waals surface area contributed by atoms with Crippen molar-refractivity contribution in [3.05, 3.63) is 52.0 Å². The first-order valence-corrected chi connectivity index (χ1v) is 8.25. The lowest BCUT2D eigenvalue weighted by molar-refractivity contribution is 0.581. The first kappa shape index (κ1) is 16.2. The second kappa shape index (κ2) is 6.72. The highest BCUT2D eigenvalue weighted by atomic mass is 79.9. The Bertz CT molecular complexity index is 708. The van der Waals surface area contributed by atoms with Crippen LogP contribution in [0.25, 0.3) is 0 Å². The number of nitrogens with two attached hydrogens (primary N) is 1. The largest absolute Gasteiger partial charge is 0.389 e. The zero-order valence-electron chi connectivity index (χ0n) is 10.9. The molecule has 0 aliphatic carbocycles. The topological polar surface area (TPSA) is 38.0 Å². The Labute approximate surface area is 139 Å². The fourth-order valence-electron chi connectivity index (χ4n) is 1.82. The number of rotatable bonds is 4. The standard InChI is InChI=1S/C14H11BrF2N2S2/c1-21-12-4-2-3-10(13(12)14(18)20)19-11-5-7(15)8(16)6-9(11)17/h2-6,19H,1H3,(H2,18,20). The van der Waals surface area contributed by atoms with E-state index < -0.39 is 11.6 Å². The Balaban J connectivity index is 2.49. The summed E-state index contributed by atoms with van der Waals surface area (Å²) in [5.41, 5.74) is 7.10. The highest BCUT2D eigenvalue weighted by Gasteiger charge is 2.14. The molecule has 0 aromatic heterocycles. The third-order valence-electron chi connectivity index (χ3n) is 2.77. The number of nitrogens with one attached hydrogen (secondary N) is 1. The minimum atomic E-state index is -0.695. The van der Waals surface area contributed by atoms with Crippen LogP contribution >= 0.6 is 39.9 Å². The Morgan fingerprint density at radius 1 is 1.24 bits per heavy atom. The van der Waals surface area contributed by atoms with Crippen LogP contribution in [0.3, 0.4) is 0 Å². The van der Waals surface area contributed by atoms with E-state index in [0.717, 1.165) is 11.0 Å². The Hall–Kier alpha value is -1.18. The summed E-state index contributed by atoms with van der Waals surface area (Å²) in [7, 11) is 0. The average molecular weight is 389 g/mol. The maximum absolute atomic E-state index is 13.8. The lowest BCUT2D eigenvalue weighted by atomic mass is 10.1. The van der Waals surface area contributed by atoms with E-state index in [1.54, 1.807) is 6.07 Å². The van der Waals surface area contributed by atoms with Crippen LogP contribution in [0.5, 0.6) is 0 Å². The molecule has 0 atom stereocenters. The van der Waals surface area contributed by atoms with Crippen molar-refractivity contribution in [1.82, 2.24) is 0 Å². The van der Waals surface area contributed by atoms with Gasteiger partial charge < -0.3 is 11.1 Å². The van der Waals surface area contributed by atoms with Crippen LogP contribution in [0.4, 0.5) is 20.2 Å². The van der Waals surface area contributed by atoms with Gasteiger partial charge in [0, 0.05) is 22.2 Å². The van der Waals surface area contributed by atoms with E-state index in [0.29, 0.717) is 11.3 Å². The fraction of sp³-hybridized carbons (Fsp3) is 0.0714. The van der Waals surface area contributed by atoms with Gasteiger partial charge in [-0.15, -0.1) is 11.8 Å². The van der Waals surface area contributed by atoms with Crippen molar-refractivity contribution < 1.29 is 8.78 Å². The lowest BCUT2D eigenvalue weighted by Crippen LogP contribution is -2.13. The van der Waals surface area contributed by atoms with Gasteiger partial charge >= 0.3 is 0 Å². The van der Waals surface area contributed by atoms with Crippen LogP contribution in [0.2, 0.25) is 0 Å².